The SMILES string of the molecule is CC(=O)c1cccc(NC(=O)[C@@H](C)N(C)Cc2cccs2)c1. The molecule has 2 aromatic rings. The van der Waals surface area contributed by atoms with Crippen molar-refractivity contribution >= 4 is 28.7 Å². The Labute approximate surface area is 134 Å². The van der Waals surface area contributed by atoms with Gasteiger partial charge in [-0.1, -0.05) is 18.2 Å². The average Bonchev–Trinajstić information content (AvgIpc) is 2.99. The Kier molecular flexibility index (Phi) is 5.46. The van der Waals surface area contributed by atoms with Crippen LogP contribution < -0.4 is 5.32 Å². The van der Waals surface area contributed by atoms with Gasteiger partial charge in [0.05, 0.1) is 6.04 Å². The minimum absolute atomic E-state index is 0.0149. The van der Waals surface area contributed by atoms with Gasteiger partial charge in [0, 0.05) is 22.7 Å². The Morgan fingerprint density at radius 3 is 2.68 bits per heavy atom. The van der Waals surface area contributed by atoms with E-state index >= 15 is 0 Å². The zero-order chi connectivity index (χ0) is 16.1. The number of nitrogens with zero attached hydrogens (tertiary/aromatic N) is 1. The molecule has 0 bridgehead atoms. The van der Waals surface area contributed by atoms with E-state index < -0.39 is 0 Å². The second-order valence-corrected chi connectivity index (χ2v) is 6.33. The largest absolute Gasteiger partial charge is 0.325 e. The molecule has 0 aliphatic heterocycles. The standard InChI is InChI=1S/C17H20N2O2S/c1-12(19(3)11-16-8-5-9-22-16)17(21)18-15-7-4-6-14(10-15)13(2)20/h4-10,12H,11H2,1-3H3,(H,18,21)/t12-/m1/s1. The lowest BCUT2D eigenvalue weighted by atomic mass is 10.1. The van der Waals surface area contributed by atoms with Crippen LogP contribution in [0.25, 0.3) is 0 Å². The molecule has 1 aromatic carbocycles. The molecule has 0 fully saturated rings. The fourth-order valence-corrected chi connectivity index (χ4v) is 2.82. The molecule has 22 heavy (non-hydrogen) atoms. The summed E-state index contributed by atoms with van der Waals surface area (Å²) in [7, 11) is 1.93. The molecule has 0 spiro atoms. The van der Waals surface area contributed by atoms with Crippen molar-refractivity contribution in [1.29, 1.82) is 0 Å². The number of carbonyl (C=O) groups is 2. The van der Waals surface area contributed by atoms with Crippen molar-refractivity contribution in [3.8, 4) is 0 Å². The zero-order valence-corrected chi connectivity index (χ0v) is 13.8. The summed E-state index contributed by atoms with van der Waals surface area (Å²) in [5.41, 5.74) is 1.24. The summed E-state index contributed by atoms with van der Waals surface area (Å²) in [6.45, 7) is 4.12. The van der Waals surface area contributed by atoms with Crippen LogP contribution in [0.1, 0.15) is 29.1 Å². The third-order valence-corrected chi connectivity index (χ3v) is 4.42. The van der Waals surface area contributed by atoms with E-state index in [-0.39, 0.29) is 17.7 Å². The number of nitrogens with one attached hydrogen (secondary N) is 1. The minimum Gasteiger partial charge on any atom is -0.325 e. The van der Waals surface area contributed by atoms with Crippen LogP contribution in [0.15, 0.2) is 41.8 Å². The van der Waals surface area contributed by atoms with Crippen molar-refractivity contribution in [2.75, 3.05) is 12.4 Å². The Bertz CT molecular complexity index is 652. The van der Waals surface area contributed by atoms with Crippen LogP contribution >= 0.6 is 11.3 Å². The molecule has 1 amide bonds. The van der Waals surface area contributed by atoms with Gasteiger partial charge in [0.25, 0.3) is 0 Å². The van der Waals surface area contributed by atoms with Crippen LogP contribution in [0.3, 0.4) is 0 Å². The Balaban J connectivity index is 1.98. The van der Waals surface area contributed by atoms with Gasteiger partial charge in [0.15, 0.2) is 5.78 Å². The first-order valence-corrected chi connectivity index (χ1v) is 8.00. The first-order chi connectivity index (χ1) is 10.5. The molecule has 2 rings (SSSR count). The highest BCUT2D eigenvalue weighted by molar-refractivity contribution is 7.09. The van der Waals surface area contributed by atoms with E-state index in [0.29, 0.717) is 11.3 Å². The lowest BCUT2D eigenvalue weighted by molar-refractivity contribution is -0.120. The highest BCUT2D eigenvalue weighted by Gasteiger charge is 2.18. The van der Waals surface area contributed by atoms with Gasteiger partial charge in [0.2, 0.25) is 5.91 Å². The molecule has 1 N–H and O–H groups in total. The maximum atomic E-state index is 12.3. The fourth-order valence-electron chi connectivity index (χ4n) is 2.05. The number of ketones is 1. The maximum absolute atomic E-state index is 12.3. The number of anilines is 1. The Morgan fingerprint density at radius 1 is 1.27 bits per heavy atom. The van der Waals surface area contributed by atoms with Gasteiger partial charge in [-0.15, -0.1) is 11.3 Å². The van der Waals surface area contributed by atoms with Crippen LogP contribution in [0.5, 0.6) is 0 Å². The van der Waals surface area contributed by atoms with E-state index in [4.69, 9.17) is 0 Å². The summed E-state index contributed by atoms with van der Waals surface area (Å²) < 4.78 is 0. The molecule has 0 aliphatic rings. The molecule has 0 saturated carbocycles. The fraction of sp³-hybridized carbons (Fsp3) is 0.294. The van der Waals surface area contributed by atoms with E-state index in [1.54, 1.807) is 35.6 Å². The number of amides is 1. The first-order valence-electron chi connectivity index (χ1n) is 7.12. The molecule has 1 aromatic heterocycles. The Morgan fingerprint density at radius 2 is 2.05 bits per heavy atom. The molecule has 1 heterocycles. The molecule has 5 heteroatoms. The van der Waals surface area contributed by atoms with Gasteiger partial charge in [-0.05, 0) is 44.5 Å². The summed E-state index contributed by atoms with van der Waals surface area (Å²) in [4.78, 5) is 26.9. The number of likely N-dealkylation sites (N-methyl/N-ethyl adjacent to an activating group) is 1. The van der Waals surface area contributed by atoms with Crippen molar-refractivity contribution in [2.45, 2.75) is 26.4 Å². The van der Waals surface area contributed by atoms with Crippen LogP contribution in [0.2, 0.25) is 0 Å². The molecular formula is C17H20N2O2S. The molecule has 0 unspecified atom stereocenters. The Hall–Kier alpha value is -1.98. The normalized spacial score (nSPS) is 12.2. The zero-order valence-electron chi connectivity index (χ0n) is 13.0. The van der Waals surface area contributed by atoms with Crippen LogP contribution in [0, 0.1) is 0 Å². The first kappa shape index (κ1) is 16.4. The number of hydrogen-bond acceptors (Lipinski definition) is 4. The molecule has 0 aliphatic carbocycles. The minimum atomic E-state index is -0.261. The summed E-state index contributed by atoms with van der Waals surface area (Å²) >= 11 is 1.68. The van der Waals surface area contributed by atoms with Crippen LogP contribution in [-0.4, -0.2) is 29.7 Å². The third kappa shape index (κ3) is 4.26. The second-order valence-electron chi connectivity index (χ2n) is 5.30. The van der Waals surface area contributed by atoms with Gasteiger partial charge < -0.3 is 5.32 Å². The predicted octanol–water partition coefficient (Wildman–Crippen LogP) is 3.41. The lowest BCUT2D eigenvalue weighted by Crippen LogP contribution is -2.39. The van der Waals surface area contributed by atoms with Crippen molar-refractivity contribution in [1.82, 2.24) is 4.90 Å². The van der Waals surface area contributed by atoms with Gasteiger partial charge in [-0.3, -0.25) is 14.5 Å². The maximum Gasteiger partial charge on any atom is 0.241 e. The van der Waals surface area contributed by atoms with Gasteiger partial charge >= 0.3 is 0 Å². The summed E-state index contributed by atoms with van der Waals surface area (Å²) in [6, 6.07) is 10.8. The predicted molar refractivity (Wildman–Crippen MR) is 90.3 cm³/mol. The van der Waals surface area contributed by atoms with Gasteiger partial charge in [-0.2, -0.15) is 0 Å². The average molecular weight is 316 g/mol. The van der Waals surface area contributed by atoms with Gasteiger partial charge in [0.1, 0.15) is 0 Å². The van der Waals surface area contributed by atoms with Crippen molar-refractivity contribution in [3.05, 3.63) is 52.2 Å². The molecule has 116 valence electrons. The van der Waals surface area contributed by atoms with E-state index in [9.17, 15) is 9.59 Å². The highest BCUT2D eigenvalue weighted by Crippen LogP contribution is 2.15. The molecule has 4 nitrogen and oxygen atoms in total. The second kappa shape index (κ2) is 7.33. The monoisotopic (exact) mass is 316 g/mol. The molecule has 0 radical (unpaired) electrons. The molecular weight excluding hydrogens is 296 g/mol. The number of hydrogen-bond donors (Lipinski definition) is 1. The van der Waals surface area contributed by atoms with Crippen LogP contribution in [0.4, 0.5) is 5.69 Å². The van der Waals surface area contributed by atoms with Crippen molar-refractivity contribution < 1.29 is 9.59 Å². The summed E-state index contributed by atoms with van der Waals surface area (Å²) in [6.07, 6.45) is 0. The highest BCUT2D eigenvalue weighted by atomic mass is 32.1. The lowest BCUT2D eigenvalue weighted by Gasteiger charge is -2.23. The smallest absolute Gasteiger partial charge is 0.241 e. The summed E-state index contributed by atoms with van der Waals surface area (Å²) in [5, 5.41) is 4.90. The number of benzene rings is 1. The number of carbonyl (C=O) groups excluding carboxylic acids is 2. The van der Waals surface area contributed by atoms with Crippen molar-refractivity contribution in [3.63, 3.8) is 0 Å². The van der Waals surface area contributed by atoms with E-state index in [2.05, 4.69) is 11.4 Å². The molecule has 0 saturated heterocycles. The third-order valence-electron chi connectivity index (χ3n) is 3.56. The quantitative estimate of drug-likeness (QED) is 0.831. The van der Waals surface area contributed by atoms with Crippen LogP contribution in [-0.2, 0) is 11.3 Å². The van der Waals surface area contributed by atoms with E-state index in [1.807, 2.05) is 30.3 Å². The number of Topliss-reactive ketones (excluding diaryl/α,β-unsaturated/α-hetero) is 1. The van der Waals surface area contributed by atoms with E-state index in [1.165, 1.54) is 11.8 Å². The number of thiophene rings is 1. The summed E-state index contributed by atoms with van der Waals surface area (Å²) in [5.74, 6) is -0.0984. The van der Waals surface area contributed by atoms with Gasteiger partial charge in [-0.25, -0.2) is 0 Å². The molecule has 1 atom stereocenters. The van der Waals surface area contributed by atoms with E-state index in [0.717, 1.165) is 6.54 Å². The van der Waals surface area contributed by atoms with Crippen molar-refractivity contribution in [2.24, 2.45) is 0 Å². The topological polar surface area (TPSA) is 49.4 Å². The number of rotatable bonds is 6.